The predicted molar refractivity (Wildman–Crippen MR) is 68.0 cm³/mol. The Morgan fingerprint density at radius 2 is 2.39 bits per heavy atom. The van der Waals surface area contributed by atoms with E-state index in [1.165, 1.54) is 12.1 Å². The predicted octanol–water partition coefficient (Wildman–Crippen LogP) is 0.616. The van der Waals surface area contributed by atoms with Crippen LogP contribution in [-0.4, -0.2) is 21.6 Å². The van der Waals surface area contributed by atoms with Gasteiger partial charge in [0.15, 0.2) is 5.82 Å². The van der Waals surface area contributed by atoms with Crippen LogP contribution in [0.3, 0.4) is 0 Å². The number of anilines is 1. The number of aromatic nitrogens is 2. The maximum absolute atomic E-state index is 12.2. The molecule has 4 N–H and O–H groups in total. The van der Waals surface area contributed by atoms with Crippen molar-refractivity contribution in [2.24, 2.45) is 11.7 Å². The minimum absolute atomic E-state index is 0.228. The molecular formula is C12H18N4O2. The van der Waals surface area contributed by atoms with E-state index in [0.717, 1.165) is 12.8 Å². The number of carbonyl (C=O) groups is 1. The monoisotopic (exact) mass is 250 g/mol. The average Bonchev–Trinajstić information content (AvgIpc) is 2.32. The summed E-state index contributed by atoms with van der Waals surface area (Å²) in [6.45, 7) is 2.10. The van der Waals surface area contributed by atoms with Crippen molar-refractivity contribution in [1.29, 1.82) is 0 Å². The highest BCUT2D eigenvalue weighted by atomic mass is 16.2. The van der Waals surface area contributed by atoms with E-state index in [1.54, 1.807) is 0 Å². The van der Waals surface area contributed by atoms with Gasteiger partial charge in [-0.25, -0.2) is 5.10 Å². The molecule has 2 unspecified atom stereocenters. The molecule has 0 aromatic carbocycles. The number of hydrogen-bond acceptors (Lipinski definition) is 4. The van der Waals surface area contributed by atoms with E-state index in [1.807, 2.05) is 0 Å². The molecule has 1 aliphatic rings. The molecule has 6 heteroatoms. The van der Waals surface area contributed by atoms with Crippen LogP contribution in [0.5, 0.6) is 0 Å². The number of nitrogens with zero attached hydrogens (tertiary/aromatic N) is 1. The molecule has 1 aromatic rings. The van der Waals surface area contributed by atoms with Crippen molar-refractivity contribution in [3.05, 3.63) is 22.5 Å². The van der Waals surface area contributed by atoms with Gasteiger partial charge in [0.25, 0.3) is 5.56 Å². The van der Waals surface area contributed by atoms with Crippen molar-refractivity contribution in [3.63, 3.8) is 0 Å². The molecule has 1 saturated carbocycles. The van der Waals surface area contributed by atoms with E-state index in [2.05, 4.69) is 22.4 Å². The number of amides is 1. The van der Waals surface area contributed by atoms with Gasteiger partial charge in [-0.05, 0) is 24.8 Å². The van der Waals surface area contributed by atoms with Gasteiger partial charge in [0, 0.05) is 6.07 Å². The van der Waals surface area contributed by atoms with E-state index >= 15 is 0 Å². The molecule has 0 bridgehead atoms. The van der Waals surface area contributed by atoms with Crippen LogP contribution in [-0.2, 0) is 4.79 Å². The summed E-state index contributed by atoms with van der Waals surface area (Å²) in [6, 6.07) is 2.78. The van der Waals surface area contributed by atoms with Gasteiger partial charge in [0.05, 0.1) is 5.54 Å². The zero-order valence-corrected chi connectivity index (χ0v) is 10.4. The van der Waals surface area contributed by atoms with Gasteiger partial charge >= 0.3 is 0 Å². The standard InChI is InChI=1S/C12H18N4O2/c1-8-3-2-6-12(13,7-8)11(18)14-9-4-5-10(17)16-15-9/h4-5,8H,2-3,6-7,13H2,1H3,(H,16,17)(H,14,15,18). The summed E-state index contributed by atoms with van der Waals surface area (Å²) in [4.78, 5) is 23.0. The fourth-order valence-electron chi connectivity index (χ4n) is 2.45. The molecule has 1 fully saturated rings. The third-order valence-electron chi connectivity index (χ3n) is 3.41. The minimum Gasteiger partial charge on any atom is -0.317 e. The Bertz CT molecular complexity index is 479. The van der Waals surface area contributed by atoms with Gasteiger partial charge in [-0.1, -0.05) is 19.8 Å². The van der Waals surface area contributed by atoms with Crippen LogP contribution < -0.4 is 16.6 Å². The zero-order valence-electron chi connectivity index (χ0n) is 10.4. The van der Waals surface area contributed by atoms with Gasteiger partial charge in [0.1, 0.15) is 0 Å². The Labute approximate surface area is 105 Å². The molecule has 1 aromatic heterocycles. The largest absolute Gasteiger partial charge is 0.317 e. The van der Waals surface area contributed by atoms with E-state index in [4.69, 9.17) is 5.73 Å². The van der Waals surface area contributed by atoms with Crippen molar-refractivity contribution in [2.75, 3.05) is 5.32 Å². The number of nitrogens with two attached hydrogens (primary N) is 1. The summed E-state index contributed by atoms with van der Waals surface area (Å²) in [5.41, 5.74) is 5.03. The normalized spacial score (nSPS) is 27.8. The molecule has 0 aliphatic heterocycles. The van der Waals surface area contributed by atoms with Crippen molar-refractivity contribution < 1.29 is 4.79 Å². The topological polar surface area (TPSA) is 101 Å². The third kappa shape index (κ3) is 2.76. The molecule has 98 valence electrons. The lowest BCUT2D eigenvalue weighted by Crippen LogP contribution is -2.53. The van der Waals surface area contributed by atoms with Crippen LogP contribution in [0, 0.1) is 5.92 Å². The highest BCUT2D eigenvalue weighted by Gasteiger charge is 2.38. The second-order valence-corrected chi connectivity index (χ2v) is 5.12. The maximum Gasteiger partial charge on any atom is 0.264 e. The first kappa shape index (κ1) is 12.8. The van der Waals surface area contributed by atoms with E-state index < -0.39 is 5.54 Å². The molecule has 1 amide bonds. The number of nitrogens with one attached hydrogen (secondary N) is 2. The Morgan fingerprint density at radius 3 is 3.00 bits per heavy atom. The summed E-state index contributed by atoms with van der Waals surface area (Å²) in [5, 5.41) is 8.66. The van der Waals surface area contributed by atoms with Crippen LogP contribution in [0.15, 0.2) is 16.9 Å². The summed E-state index contributed by atoms with van der Waals surface area (Å²) < 4.78 is 0. The quantitative estimate of drug-likeness (QED) is 0.716. The molecular weight excluding hydrogens is 232 g/mol. The Morgan fingerprint density at radius 1 is 1.61 bits per heavy atom. The summed E-state index contributed by atoms with van der Waals surface area (Å²) in [5.74, 6) is 0.550. The van der Waals surface area contributed by atoms with Crippen LogP contribution >= 0.6 is 0 Å². The van der Waals surface area contributed by atoms with Crippen LogP contribution in [0.1, 0.15) is 32.6 Å². The second-order valence-electron chi connectivity index (χ2n) is 5.12. The molecule has 6 nitrogen and oxygen atoms in total. The van der Waals surface area contributed by atoms with E-state index in [0.29, 0.717) is 24.6 Å². The number of hydrogen-bond donors (Lipinski definition) is 3. The zero-order chi connectivity index (χ0) is 13.2. The number of H-pyrrole nitrogens is 1. The molecule has 0 saturated heterocycles. The summed E-state index contributed by atoms with van der Waals surface area (Å²) in [6.07, 6.45) is 3.45. The molecule has 1 heterocycles. The lowest BCUT2D eigenvalue weighted by Gasteiger charge is -2.35. The highest BCUT2D eigenvalue weighted by Crippen LogP contribution is 2.31. The van der Waals surface area contributed by atoms with Crippen LogP contribution in [0.2, 0.25) is 0 Å². The molecule has 0 spiro atoms. The lowest BCUT2D eigenvalue weighted by molar-refractivity contribution is -0.122. The molecule has 18 heavy (non-hydrogen) atoms. The summed E-state index contributed by atoms with van der Waals surface area (Å²) >= 11 is 0. The van der Waals surface area contributed by atoms with Crippen molar-refractivity contribution >= 4 is 11.7 Å². The molecule has 0 radical (unpaired) electrons. The lowest BCUT2D eigenvalue weighted by atomic mass is 9.76. The Hall–Kier alpha value is -1.69. The minimum atomic E-state index is -0.824. The SMILES string of the molecule is CC1CCCC(N)(C(=O)Nc2ccc(=O)[nH]n2)C1. The fraction of sp³-hybridized carbons (Fsp3) is 0.583. The van der Waals surface area contributed by atoms with Crippen LogP contribution in [0.25, 0.3) is 0 Å². The van der Waals surface area contributed by atoms with Gasteiger partial charge in [-0.2, -0.15) is 5.10 Å². The van der Waals surface area contributed by atoms with Gasteiger partial charge in [-0.15, -0.1) is 0 Å². The molecule has 2 atom stereocenters. The first-order chi connectivity index (χ1) is 8.49. The Kier molecular flexibility index (Phi) is 3.47. The van der Waals surface area contributed by atoms with E-state index in [9.17, 15) is 9.59 Å². The molecule has 1 aliphatic carbocycles. The van der Waals surface area contributed by atoms with Crippen molar-refractivity contribution in [3.8, 4) is 0 Å². The highest BCUT2D eigenvalue weighted by molar-refractivity contribution is 5.97. The first-order valence-corrected chi connectivity index (χ1v) is 6.16. The van der Waals surface area contributed by atoms with E-state index in [-0.39, 0.29) is 11.5 Å². The first-order valence-electron chi connectivity index (χ1n) is 6.16. The average molecular weight is 250 g/mol. The smallest absolute Gasteiger partial charge is 0.264 e. The van der Waals surface area contributed by atoms with Gasteiger partial charge in [-0.3, -0.25) is 9.59 Å². The number of rotatable bonds is 2. The third-order valence-corrected chi connectivity index (χ3v) is 3.41. The fourth-order valence-corrected chi connectivity index (χ4v) is 2.45. The number of aromatic amines is 1. The Balaban J connectivity index is 2.07. The van der Waals surface area contributed by atoms with Gasteiger partial charge < -0.3 is 11.1 Å². The molecule has 2 rings (SSSR count). The number of carbonyl (C=O) groups excluding carboxylic acids is 1. The summed E-state index contributed by atoms with van der Waals surface area (Å²) in [7, 11) is 0. The second kappa shape index (κ2) is 4.89. The maximum atomic E-state index is 12.2. The van der Waals surface area contributed by atoms with Crippen LogP contribution in [0.4, 0.5) is 5.82 Å². The van der Waals surface area contributed by atoms with Crippen molar-refractivity contribution in [2.45, 2.75) is 38.1 Å². The van der Waals surface area contributed by atoms with Gasteiger partial charge in [0.2, 0.25) is 5.91 Å². The van der Waals surface area contributed by atoms with Crippen molar-refractivity contribution in [1.82, 2.24) is 10.2 Å².